The van der Waals surface area contributed by atoms with E-state index in [-0.39, 0.29) is 0 Å². The van der Waals surface area contributed by atoms with Crippen LogP contribution < -0.4 is 5.73 Å². The van der Waals surface area contributed by atoms with E-state index in [9.17, 15) is 0 Å². The maximum atomic E-state index is 7.91. The number of aryl methyl sites for hydroxylation is 1. The number of H-pyrrole nitrogens is 1. The Morgan fingerprint density at radius 2 is 1.93 bits per heavy atom. The number of hydrogen-bond donors (Lipinski definition) is 3. The summed E-state index contributed by atoms with van der Waals surface area (Å²) < 4.78 is 4.25. The first-order chi connectivity index (χ1) is 14.4. The van der Waals surface area contributed by atoms with Crippen molar-refractivity contribution in [3.8, 4) is 10.6 Å². The lowest BCUT2D eigenvalue weighted by molar-refractivity contribution is 0.277. The topological polar surface area (TPSA) is 87.8 Å². The molecule has 0 aliphatic rings. The number of nitrogens with zero attached hydrogens (tertiary/aromatic N) is 1. The number of nitrogens with two attached hydrogens (primary N) is 1. The molecular formula is C24H36N4OS. The third-order valence-electron chi connectivity index (χ3n) is 4.61. The van der Waals surface area contributed by atoms with Gasteiger partial charge in [0.1, 0.15) is 11.5 Å². The normalized spacial score (nSPS) is 12.4. The van der Waals surface area contributed by atoms with E-state index in [0.717, 1.165) is 51.0 Å². The first kappa shape index (κ1) is 25.6. The molecule has 0 saturated carbocycles. The molecule has 0 spiro atoms. The fourth-order valence-corrected chi connectivity index (χ4v) is 4.26. The Bertz CT molecular complexity index is 898. The SMILES string of the molecule is C/C=C\C(=C/N)c1ccc(-c2nc(/C(=C\C(C)=N)C(CC)CC)[nH]c2C)s1.COC. The van der Waals surface area contributed by atoms with E-state index in [1.54, 1.807) is 31.8 Å². The van der Waals surface area contributed by atoms with Crippen molar-refractivity contribution in [3.63, 3.8) is 0 Å². The Morgan fingerprint density at radius 1 is 1.30 bits per heavy atom. The molecule has 0 fully saturated rings. The average molecular weight is 429 g/mol. The van der Waals surface area contributed by atoms with Gasteiger partial charge in [0, 0.05) is 42.3 Å². The van der Waals surface area contributed by atoms with Gasteiger partial charge in [-0.05, 0) is 63.3 Å². The first-order valence-corrected chi connectivity index (χ1v) is 11.1. The molecule has 0 aliphatic carbocycles. The average Bonchev–Trinajstić information content (AvgIpc) is 3.33. The molecular weight excluding hydrogens is 392 g/mol. The van der Waals surface area contributed by atoms with Crippen molar-refractivity contribution in [3.05, 3.63) is 53.0 Å². The van der Waals surface area contributed by atoms with Gasteiger partial charge in [0.2, 0.25) is 0 Å². The van der Waals surface area contributed by atoms with Gasteiger partial charge in [-0.25, -0.2) is 4.98 Å². The summed E-state index contributed by atoms with van der Waals surface area (Å²) in [5, 5.41) is 7.91. The maximum absolute atomic E-state index is 7.91. The Labute approximate surface area is 185 Å². The van der Waals surface area contributed by atoms with Gasteiger partial charge in [-0.3, -0.25) is 0 Å². The smallest absolute Gasteiger partial charge is 0.134 e. The molecule has 0 unspecified atom stereocenters. The third kappa shape index (κ3) is 6.82. The molecule has 6 heteroatoms. The van der Waals surface area contributed by atoms with Crippen molar-refractivity contribution < 1.29 is 4.74 Å². The van der Waals surface area contributed by atoms with Crippen molar-refractivity contribution in [2.75, 3.05) is 14.2 Å². The lowest BCUT2D eigenvalue weighted by atomic mass is 9.92. The number of thiophene rings is 1. The number of aromatic nitrogens is 2. The van der Waals surface area contributed by atoms with Crippen LogP contribution in [0, 0.1) is 18.3 Å². The van der Waals surface area contributed by atoms with Crippen molar-refractivity contribution in [1.82, 2.24) is 9.97 Å². The molecule has 2 heterocycles. The molecule has 30 heavy (non-hydrogen) atoms. The number of imidazole rings is 1. The highest BCUT2D eigenvalue weighted by molar-refractivity contribution is 7.16. The quantitative estimate of drug-likeness (QED) is 0.334. The zero-order valence-electron chi connectivity index (χ0n) is 19.3. The van der Waals surface area contributed by atoms with E-state index in [4.69, 9.17) is 16.1 Å². The minimum Gasteiger partial charge on any atom is -0.404 e. The summed E-state index contributed by atoms with van der Waals surface area (Å²) in [6.07, 6.45) is 9.64. The highest BCUT2D eigenvalue weighted by Gasteiger charge is 2.19. The van der Waals surface area contributed by atoms with Crippen LogP contribution in [-0.2, 0) is 4.74 Å². The second kappa shape index (κ2) is 13.0. The number of nitrogens with one attached hydrogen (secondary N) is 2. The summed E-state index contributed by atoms with van der Waals surface area (Å²) >= 11 is 1.69. The number of ether oxygens (including phenoxy) is 1. The van der Waals surface area contributed by atoms with Crippen LogP contribution in [0.15, 0.2) is 36.6 Å². The van der Waals surface area contributed by atoms with E-state index in [2.05, 4.69) is 42.6 Å². The third-order valence-corrected chi connectivity index (χ3v) is 5.75. The first-order valence-electron chi connectivity index (χ1n) is 10.3. The Morgan fingerprint density at radius 3 is 2.43 bits per heavy atom. The van der Waals surface area contributed by atoms with Gasteiger partial charge in [-0.15, -0.1) is 11.3 Å². The lowest BCUT2D eigenvalue weighted by Crippen LogP contribution is -2.04. The van der Waals surface area contributed by atoms with Gasteiger partial charge in [-0.1, -0.05) is 26.0 Å². The second-order valence-electron chi connectivity index (χ2n) is 7.05. The molecule has 164 valence electrons. The molecule has 0 saturated heterocycles. The van der Waals surface area contributed by atoms with Crippen LogP contribution in [0.5, 0.6) is 0 Å². The fraction of sp³-hybridized carbons (Fsp3) is 0.417. The Hall–Kier alpha value is -2.44. The van der Waals surface area contributed by atoms with E-state index in [1.165, 1.54) is 0 Å². The number of hydrogen-bond acceptors (Lipinski definition) is 5. The lowest BCUT2D eigenvalue weighted by Gasteiger charge is -2.15. The largest absolute Gasteiger partial charge is 0.404 e. The molecule has 0 bridgehead atoms. The maximum Gasteiger partial charge on any atom is 0.134 e. The van der Waals surface area contributed by atoms with Crippen LogP contribution in [0.3, 0.4) is 0 Å². The highest BCUT2D eigenvalue weighted by Crippen LogP contribution is 2.35. The monoisotopic (exact) mass is 428 g/mol. The van der Waals surface area contributed by atoms with E-state index in [1.807, 2.05) is 32.1 Å². The summed E-state index contributed by atoms with van der Waals surface area (Å²) in [7, 11) is 3.25. The number of methoxy groups -OCH3 is 1. The van der Waals surface area contributed by atoms with Gasteiger partial charge in [0.25, 0.3) is 0 Å². The van der Waals surface area contributed by atoms with Gasteiger partial charge < -0.3 is 20.9 Å². The minimum absolute atomic E-state index is 0.393. The zero-order valence-corrected chi connectivity index (χ0v) is 20.1. The molecule has 0 radical (unpaired) electrons. The van der Waals surface area contributed by atoms with E-state index >= 15 is 0 Å². The zero-order chi connectivity index (χ0) is 22.7. The summed E-state index contributed by atoms with van der Waals surface area (Å²) in [5.41, 5.74) is 10.5. The van der Waals surface area contributed by atoms with E-state index in [0.29, 0.717) is 11.6 Å². The Balaban J connectivity index is 0.00000141. The number of rotatable bonds is 8. The predicted octanol–water partition coefficient (Wildman–Crippen LogP) is 6.44. The van der Waals surface area contributed by atoms with Crippen molar-refractivity contribution >= 4 is 28.2 Å². The van der Waals surface area contributed by atoms with Gasteiger partial charge in [0.15, 0.2) is 0 Å². The molecule has 0 atom stereocenters. The van der Waals surface area contributed by atoms with Gasteiger partial charge >= 0.3 is 0 Å². The van der Waals surface area contributed by atoms with Crippen LogP contribution in [0.1, 0.15) is 56.9 Å². The summed E-state index contributed by atoms with van der Waals surface area (Å²) in [6.45, 7) is 10.2. The molecule has 4 N–H and O–H groups in total. The summed E-state index contributed by atoms with van der Waals surface area (Å²) in [4.78, 5) is 10.6. The van der Waals surface area contributed by atoms with Crippen LogP contribution in [0.4, 0.5) is 0 Å². The van der Waals surface area contributed by atoms with Gasteiger partial charge in [-0.2, -0.15) is 0 Å². The molecule has 2 rings (SSSR count). The molecule has 0 amide bonds. The molecule has 2 aromatic heterocycles. The predicted molar refractivity (Wildman–Crippen MR) is 132 cm³/mol. The van der Waals surface area contributed by atoms with Crippen LogP contribution in [-0.4, -0.2) is 29.9 Å². The van der Waals surface area contributed by atoms with Crippen LogP contribution >= 0.6 is 11.3 Å². The Kier molecular flexibility index (Phi) is 11.1. The minimum atomic E-state index is 0.393. The standard InChI is InChI=1S/C22H30N4S.C2H6O/c1-6-9-17(13-23)19-10-11-20(27-19)21-15(5)25-22(26-21)18(12-14(4)24)16(7-2)8-3;1-3-2/h6,9-13,16,24H,7-8,23H2,1-5H3,(H,25,26);1-2H3/b9-6-,17-13+,18-12-,24-14?;. The van der Waals surface area contributed by atoms with Crippen molar-refractivity contribution in [2.24, 2.45) is 11.7 Å². The van der Waals surface area contributed by atoms with Crippen molar-refractivity contribution in [2.45, 2.75) is 47.5 Å². The van der Waals surface area contributed by atoms with Crippen LogP contribution in [0.2, 0.25) is 0 Å². The van der Waals surface area contributed by atoms with E-state index < -0.39 is 0 Å². The van der Waals surface area contributed by atoms with Crippen LogP contribution in [0.25, 0.3) is 21.7 Å². The van der Waals surface area contributed by atoms with Gasteiger partial charge in [0.05, 0.1) is 4.88 Å². The number of allylic oxidation sites excluding steroid dienone is 5. The molecule has 2 aromatic rings. The summed E-state index contributed by atoms with van der Waals surface area (Å²) in [5.74, 6) is 1.27. The summed E-state index contributed by atoms with van der Waals surface area (Å²) in [6, 6.07) is 4.19. The van der Waals surface area contributed by atoms with Crippen molar-refractivity contribution in [1.29, 1.82) is 5.41 Å². The molecule has 0 aromatic carbocycles. The second-order valence-corrected chi connectivity index (χ2v) is 8.13. The molecule has 5 nitrogen and oxygen atoms in total. The molecule has 0 aliphatic heterocycles. The highest BCUT2D eigenvalue weighted by atomic mass is 32.1. The number of aromatic amines is 1. The fourth-order valence-electron chi connectivity index (χ4n) is 3.20.